The van der Waals surface area contributed by atoms with E-state index in [0.29, 0.717) is 47.4 Å². The van der Waals surface area contributed by atoms with Crippen molar-refractivity contribution in [2.24, 2.45) is 0 Å². The number of imide groups is 2. The van der Waals surface area contributed by atoms with Crippen molar-refractivity contribution in [3.63, 3.8) is 0 Å². The third kappa shape index (κ3) is 13.4. The summed E-state index contributed by atoms with van der Waals surface area (Å²) in [6.07, 6.45) is -1.09. The van der Waals surface area contributed by atoms with Crippen LogP contribution >= 0.6 is 0 Å². The van der Waals surface area contributed by atoms with Crippen LogP contribution in [0.3, 0.4) is 0 Å². The molecule has 1 aromatic rings. The van der Waals surface area contributed by atoms with Crippen LogP contribution in [0, 0.1) is 0 Å². The third-order valence-electron chi connectivity index (χ3n) is 8.18. The number of urea groups is 2. The van der Waals surface area contributed by atoms with Crippen molar-refractivity contribution >= 4 is 59.3 Å². The van der Waals surface area contributed by atoms with Crippen LogP contribution in [0.25, 0.3) is 0 Å². The van der Waals surface area contributed by atoms with Crippen molar-refractivity contribution in [3.05, 3.63) is 24.3 Å². The molecule has 310 valence electrons. The number of hydrogen-bond acceptors (Lipinski definition) is 12. The van der Waals surface area contributed by atoms with Crippen LogP contribution in [-0.4, -0.2) is 153 Å². The van der Waals surface area contributed by atoms with E-state index in [4.69, 9.17) is 9.47 Å². The molecule has 2 aliphatic rings. The summed E-state index contributed by atoms with van der Waals surface area (Å²) in [5.74, 6) is -2.69. The molecule has 2 atom stereocenters. The number of aliphatic hydroxyl groups is 2. The maximum absolute atomic E-state index is 13.0. The minimum absolute atomic E-state index is 0.182. The van der Waals surface area contributed by atoms with E-state index in [1.807, 2.05) is 0 Å². The molecule has 0 aromatic heterocycles. The fraction of sp³-hybridized carbons (Fsp3) is 0.611. The topological polar surface area (TPSA) is 257 Å². The van der Waals surface area contributed by atoms with Crippen LogP contribution in [0.5, 0.6) is 0 Å². The number of benzene rings is 1. The molecular formula is C36H54N8O12. The number of hydrogen-bond donors (Lipinski definition) is 6. The van der Waals surface area contributed by atoms with Crippen LogP contribution in [-0.2, 0) is 28.7 Å². The zero-order valence-electron chi connectivity index (χ0n) is 32.7. The molecule has 0 unspecified atom stereocenters. The monoisotopic (exact) mass is 790 g/mol. The van der Waals surface area contributed by atoms with Gasteiger partial charge in [0.1, 0.15) is 23.3 Å². The summed E-state index contributed by atoms with van der Waals surface area (Å²) in [5, 5.41) is 30.2. The molecule has 56 heavy (non-hydrogen) atoms. The SMILES string of the molecule is CC(C)(C)OC(=O)N(C(=O)N1CCC1)[C@@H](CO)C(=O)NCCC(=O)Nc1ccc(NC(=O)CCNC(=O)[C@H](CO)N(C(=O)OC(C)(C)C)C(=O)N2CCC2)cc1. The molecule has 6 N–H and O–H groups in total. The molecule has 0 spiro atoms. The van der Waals surface area contributed by atoms with Crippen LogP contribution < -0.4 is 21.3 Å². The second-order valence-electron chi connectivity index (χ2n) is 15.1. The highest BCUT2D eigenvalue weighted by atomic mass is 16.6. The summed E-state index contributed by atoms with van der Waals surface area (Å²) in [6, 6.07) is 1.36. The number of carbonyl (C=O) groups excluding carboxylic acids is 8. The molecule has 10 amide bonds. The normalized spacial score (nSPS) is 14.8. The molecule has 2 heterocycles. The number of carbonyl (C=O) groups is 8. The molecule has 2 saturated heterocycles. The lowest BCUT2D eigenvalue weighted by molar-refractivity contribution is -0.128. The van der Waals surface area contributed by atoms with Gasteiger partial charge in [-0.2, -0.15) is 0 Å². The van der Waals surface area contributed by atoms with Crippen molar-refractivity contribution in [1.29, 1.82) is 0 Å². The summed E-state index contributed by atoms with van der Waals surface area (Å²) in [6.45, 7) is 9.05. The summed E-state index contributed by atoms with van der Waals surface area (Å²) < 4.78 is 10.6. The number of aliphatic hydroxyl groups excluding tert-OH is 2. The van der Waals surface area contributed by atoms with Gasteiger partial charge in [-0.05, 0) is 78.6 Å². The van der Waals surface area contributed by atoms with Gasteiger partial charge in [-0.15, -0.1) is 0 Å². The first kappa shape index (κ1) is 44.9. The Bertz CT molecular complexity index is 1480. The average molecular weight is 791 g/mol. The van der Waals surface area contributed by atoms with Crippen LogP contribution in [0.4, 0.5) is 30.6 Å². The lowest BCUT2D eigenvalue weighted by atomic mass is 10.2. The Balaban J connectivity index is 1.46. The third-order valence-corrected chi connectivity index (χ3v) is 8.18. The highest BCUT2D eigenvalue weighted by Crippen LogP contribution is 2.20. The average Bonchev–Trinajstić information content (AvgIpc) is 3.03. The van der Waals surface area contributed by atoms with Gasteiger partial charge in [0.2, 0.25) is 23.6 Å². The smallest absolute Gasteiger partial charge is 0.419 e. The molecule has 20 heteroatoms. The predicted octanol–water partition coefficient (Wildman–Crippen LogP) is 1.42. The van der Waals surface area contributed by atoms with Gasteiger partial charge in [0.25, 0.3) is 0 Å². The summed E-state index contributed by atoms with van der Waals surface area (Å²) >= 11 is 0. The highest BCUT2D eigenvalue weighted by Gasteiger charge is 2.42. The van der Waals surface area contributed by atoms with E-state index in [9.17, 15) is 48.6 Å². The molecule has 0 radical (unpaired) electrons. The van der Waals surface area contributed by atoms with E-state index in [1.54, 1.807) is 41.5 Å². The highest BCUT2D eigenvalue weighted by molar-refractivity contribution is 5.99. The number of ether oxygens (including phenoxy) is 2. The number of likely N-dealkylation sites (tertiary alicyclic amines) is 2. The zero-order chi connectivity index (χ0) is 41.8. The van der Waals surface area contributed by atoms with Crippen molar-refractivity contribution in [3.8, 4) is 0 Å². The van der Waals surface area contributed by atoms with Crippen molar-refractivity contribution < 1.29 is 58.0 Å². The minimum atomic E-state index is -1.59. The van der Waals surface area contributed by atoms with E-state index < -0.39 is 84.4 Å². The first-order valence-corrected chi connectivity index (χ1v) is 18.3. The number of rotatable bonds is 14. The van der Waals surface area contributed by atoms with E-state index in [-0.39, 0.29) is 25.9 Å². The first-order valence-electron chi connectivity index (χ1n) is 18.3. The maximum atomic E-state index is 13.0. The second kappa shape index (κ2) is 19.9. The standard InChI is InChI=1S/C36H54N8O12/c1-35(2,3)55-33(53)43(31(51)41-17-7-18-41)25(21-45)29(49)37-15-13-27(47)39-23-9-11-24(12-10-23)40-28(48)14-16-38-30(50)26(22-46)44(32(52)42-19-8-20-42)34(54)56-36(4,5)6/h9-12,25-26,45-46H,7-8,13-22H2,1-6H3,(H,37,49)(H,38,50)(H,39,47)(H,40,48)/t25-,26-/m0/s1. The van der Waals surface area contributed by atoms with Gasteiger partial charge in [0.15, 0.2) is 0 Å². The summed E-state index contributed by atoms with van der Waals surface area (Å²) in [7, 11) is 0. The molecule has 0 saturated carbocycles. The van der Waals surface area contributed by atoms with E-state index >= 15 is 0 Å². The Morgan fingerprint density at radius 1 is 0.625 bits per heavy atom. The first-order chi connectivity index (χ1) is 26.2. The number of anilines is 2. The molecule has 20 nitrogen and oxygen atoms in total. The van der Waals surface area contributed by atoms with Crippen molar-refractivity contribution in [2.45, 2.75) is 90.5 Å². The van der Waals surface area contributed by atoms with E-state index in [0.717, 1.165) is 12.8 Å². The molecule has 0 aliphatic carbocycles. The molecule has 1 aromatic carbocycles. The van der Waals surface area contributed by atoms with Crippen LogP contribution in [0.15, 0.2) is 24.3 Å². The van der Waals surface area contributed by atoms with E-state index in [1.165, 1.54) is 34.1 Å². The Hall–Kier alpha value is -5.50. The van der Waals surface area contributed by atoms with Crippen LogP contribution in [0.1, 0.15) is 67.2 Å². The number of nitrogens with one attached hydrogen (secondary N) is 4. The number of amides is 10. The zero-order valence-corrected chi connectivity index (χ0v) is 32.7. The summed E-state index contributed by atoms with van der Waals surface area (Å²) in [5.41, 5.74) is -1.21. The van der Waals surface area contributed by atoms with Gasteiger partial charge in [0.05, 0.1) is 13.2 Å². The molecule has 2 fully saturated rings. The predicted molar refractivity (Wildman–Crippen MR) is 200 cm³/mol. The van der Waals surface area contributed by atoms with Crippen LogP contribution in [0.2, 0.25) is 0 Å². The van der Waals surface area contributed by atoms with Gasteiger partial charge >= 0.3 is 24.2 Å². The molecular weight excluding hydrogens is 736 g/mol. The second-order valence-corrected chi connectivity index (χ2v) is 15.1. The summed E-state index contributed by atoms with van der Waals surface area (Å²) in [4.78, 5) is 107. The number of nitrogens with zero attached hydrogens (tertiary/aromatic N) is 4. The van der Waals surface area contributed by atoms with E-state index in [2.05, 4.69) is 21.3 Å². The quantitative estimate of drug-likeness (QED) is 0.157. The van der Waals surface area contributed by atoms with Gasteiger partial charge in [-0.3, -0.25) is 19.2 Å². The minimum Gasteiger partial charge on any atom is -0.443 e. The Morgan fingerprint density at radius 3 is 1.20 bits per heavy atom. The lowest BCUT2D eigenvalue weighted by Gasteiger charge is -2.38. The lowest BCUT2D eigenvalue weighted by Crippen LogP contribution is -2.60. The Kier molecular flexibility index (Phi) is 16.0. The Morgan fingerprint density at radius 2 is 0.946 bits per heavy atom. The molecule has 0 bridgehead atoms. The molecule has 3 rings (SSSR count). The van der Waals surface area contributed by atoms with Gasteiger partial charge in [0, 0.05) is 63.5 Å². The fourth-order valence-corrected chi connectivity index (χ4v) is 5.10. The fourth-order valence-electron chi connectivity index (χ4n) is 5.10. The molecule has 2 aliphatic heterocycles. The van der Waals surface area contributed by atoms with Gasteiger partial charge in [-0.25, -0.2) is 29.0 Å². The van der Waals surface area contributed by atoms with Gasteiger partial charge < -0.3 is 50.8 Å². The largest absolute Gasteiger partial charge is 0.443 e. The maximum Gasteiger partial charge on any atom is 0.419 e. The van der Waals surface area contributed by atoms with Gasteiger partial charge in [-0.1, -0.05) is 0 Å². The van der Waals surface area contributed by atoms with Crippen molar-refractivity contribution in [1.82, 2.24) is 30.2 Å². The van der Waals surface area contributed by atoms with Crippen molar-refractivity contribution in [2.75, 3.05) is 63.1 Å². The Labute approximate surface area is 325 Å².